The number of allylic oxidation sites excluding steroid dienone is 6. The molecule has 0 heterocycles. The van der Waals surface area contributed by atoms with E-state index in [2.05, 4.69) is 6.92 Å². The Balaban J connectivity index is 0.000000311. The van der Waals surface area contributed by atoms with Crippen molar-refractivity contribution < 1.29 is 25.3 Å². The Hall–Kier alpha value is 0.434. The Morgan fingerprint density at radius 2 is 0.975 bits per heavy atom. The van der Waals surface area contributed by atoms with Gasteiger partial charge in [-0.05, 0) is 108 Å². The van der Waals surface area contributed by atoms with E-state index < -0.39 is 5.92 Å². The number of hydrogen-bond donors (Lipinski definition) is 0. The summed E-state index contributed by atoms with van der Waals surface area (Å²) in [5, 5.41) is 0. The maximum atomic E-state index is 12.8. The number of rotatable bonds is 8. The third-order valence-electron chi connectivity index (χ3n) is 10.7. The minimum absolute atomic E-state index is 0. The van der Waals surface area contributed by atoms with Crippen LogP contribution in [0.2, 0.25) is 0 Å². The van der Waals surface area contributed by atoms with Gasteiger partial charge < -0.3 is 6.92 Å². The molecule has 4 fully saturated rings. The SMILES string of the molecule is C1CCC([PH+](CC[PH+](C2CCCCC2)C2CCCCC2)C2CCCCC2)CC1.[CH2-]CC1=CC=CC=[C-]C1(F)F.[Ni+2]. The van der Waals surface area contributed by atoms with Gasteiger partial charge >= 0.3 is 16.5 Å². The summed E-state index contributed by atoms with van der Waals surface area (Å²) < 4.78 is 25.7. The molecule has 5 aliphatic carbocycles. The summed E-state index contributed by atoms with van der Waals surface area (Å²) >= 11 is 0. The maximum Gasteiger partial charge on any atom is 2.00 e. The molecule has 0 saturated heterocycles. The van der Waals surface area contributed by atoms with Crippen molar-refractivity contribution >= 4 is 15.8 Å². The van der Waals surface area contributed by atoms with Crippen molar-refractivity contribution in [3.63, 3.8) is 0 Å². The van der Waals surface area contributed by atoms with Crippen molar-refractivity contribution in [1.29, 1.82) is 0 Å². The van der Waals surface area contributed by atoms with Crippen LogP contribution < -0.4 is 0 Å². The fourth-order valence-electron chi connectivity index (χ4n) is 8.48. The molecule has 0 aromatic rings. The Bertz CT molecular complexity index is 694. The molecule has 230 valence electrons. The quantitative estimate of drug-likeness (QED) is 0.141. The minimum atomic E-state index is -2.94. The van der Waals surface area contributed by atoms with Gasteiger partial charge in [0.1, 0.15) is 0 Å². The van der Waals surface area contributed by atoms with Crippen LogP contribution in [0.25, 0.3) is 0 Å². The number of hydrogen-bond acceptors (Lipinski definition) is 0. The van der Waals surface area contributed by atoms with E-state index in [9.17, 15) is 8.78 Å². The van der Waals surface area contributed by atoms with Gasteiger partial charge in [0.2, 0.25) is 5.92 Å². The third-order valence-corrected chi connectivity index (χ3v) is 19.3. The van der Waals surface area contributed by atoms with E-state index in [0.29, 0.717) is 0 Å². The van der Waals surface area contributed by atoms with Crippen LogP contribution in [0.15, 0.2) is 29.9 Å². The molecule has 0 nitrogen and oxygen atoms in total. The summed E-state index contributed by atoms with van der Waals surface area (Å²) in [4.78, 5) is 0. The largest absolute Gasteiger partial charge is 2.00 e. The average Bonchev–Trinajstić information content (AvgIpc) is 3.17. The fourth-order valence-corrected chi connectivity index (χ4v) is 18.4. The second-order valence-corrected chi connectivity index (χ2v) is 19.8. The molecule has 5 rings (SSSR count). The smallest absolute Gasteiger partial charge is 0.339 e. The Morgan fingerprint density at radius 3 is 1.30 bits per heavy atom. The molecule has 5 heteroatoms. The molecule has 0 unspecified atom stereocenters. The molecule has 0 atom stereocenters. The van der Waals surface area contributed by atoms with Crippen molar-refractivity contribution in [2.75, 3.05) is 12.3 Å². The molecule has 4 saturated carbocycles. The van der Waals surface area contributed by atoms with E-state index >= 15 is 0 Å². The molecule has 0 aromatic carbocycles. The summed E-state index contributed by atoms with van der Waals surface area (Å²) in [6.07, 6.45) is 43.2. The Kier molecular flexibility index (Phi) is 16.5. The van der Waals surface area contributed by atoms with Gasteiger partial charge in [-0.2, -0.15) is 12.5 Å². The fraction of sp³-hybridized carbons (Fsp3) is 0.800. The molecule has 0 radical (unpaired) electrons. The van der Waals surface area contributed by atoms with Crippen molar-refractivity contribution in [1.82, 2.24) is 0 Å². The molecule has 40 heavy (non-hydrogen) atoms. The van der Waals surface area contributed by atoms with Crippen molar-refractivity contribution in [3.8, 4) is 0 Å². The Labute approximate surface area is 258 Å². The molecule has 0 amide bonds. The van der Waals surface area contributed by atoms with Gasteiger partial charge in [0.05, 0.1) is 35.0 Å². The monoisotopic (exact) mass is 636 g/mol. The van der Waals surface area contributed by atoms with Crippen molar-refractivity contribution in [3.05, 3.63) is 42.9 Å². The zero-order valence-corrected chi connectivity index (χ0v) is 28.1. The molecular weight excluding hydrogens is 579 g/mol. The molecule has 0 bridgehead atoms. The molecule has 5 aliphatic rings. The van der Waals surface area contributed by atoms with Gasteiger partial charge in [-0.3, -0.25) is 0 Å². The van der Waals surface area contributed by atoms with Crippen LogP contribution in [-0.4, -0.2) is 40.9 Å². The zero-order chi connectivity index (χ0) is 27.3. The van der Waals surface area contributed by atoms with E-state index in [1.54, 1.807) is 147 Å². The first kappa shape index (κ1) is 34.9. The summed E-state index contributed by atoms with van der Waals surface area (Å²) in [6, 6.07) is 0. The second-order valence-electron chi connectivity index (χ2n) is 13.2. The number of alkyl halides is 2. The van der Waals surface area contributed by atoms with Gasteiger partial charge in [0.25, 0.3) is 0 Å². The minimum Gasteiger partial charge on any atom is -0.339 e. The van der Waals surface area contributed by atoms with E-state index in [0.717, 1.165) is 0 Å². The standard InChI is InChI=1S/C26H48P2.C9H8F2.Ni/c1-5-13-23(14-6-1)27(24-15-7-2-8-16-24)21-22-28(25-17-9-3-10-18-25)26-19-11-4-12-20-26;1-2-8-6-4-3-5-7-9(8,10)11;/h23-26H,1-22H2;3-6H,1-2H2;/q;-2;+2/p+2. The van der Waals surface area contributed by atoms with Crippen LogP contribution >= 0.6 is 15.8 Å². The predicted molar refractivity (Wildman–Crippen MR) is 174 cm³/mol. The first-order chi connectivity index (χ1) is 19.1. The van der Waals surface area contributed by atoms with Gasteiger partial charge in [-0.25, -0.2) is 20.9 Å². The van der Waals surface area contributed by atoms with Gasteiger partial charge in [0, 0.05) is 15.8 Å². The molecular formula is C35H58F2NiP2+2. The van der Waals surface area contributed by atoms with E-state index in [-0.39, 0.29) is 44.3 Å². The van der Waals surface area contributed by atoms with Crippen LogP contribution in [0.1, 0.15) is 135 Å². The van der Waals surface area contributed by atoms with Crippen LogP contribution in [0, 0.1) is 13.0 Å². The first-order valence-electron chi connectivity index (χ1n) is 16.9. The molecule has 0 spiro atoms. The van der Waals surface area contributed by atoms with Gasteiger partial charge in [0.15, 0.2) is 0 Å². The zero-order valence-electron chi connectivity index (χ0n) is 25.2. The summed E-state index contributed by atoms with van der Waals surface area (Å²) in [5.41, 5.74) is 4.90. The number of halogens is 2. The Morgan fingerprint density at radius 1 is 0.625 bits per heavy atom. The first-order valence-corrected chi connectivity index (χ1v) is 20.7. The van der Waals surface area contributed by atoms with E-state index in [1.807, 2.05) is 6.08 Å². The maximum absolute atomic E-state index is 12.8. The van der Waals surface area contributed by atoms with Gasteiger partial charge in [-0.15, -0.1) is 6.08 Å². The average molecular weight is 637 g/mol. The summed E-state index contributed by atoms with van der Waals surface area (Å²) in [7, 11) is -0.182. The van der Waals surface area contributed by atoms with Crippen molar-refractivity contribution in [2.24, 2.45) is 0 Å². The second kappa shape index (κ2) is 19.0. The summed E-state index contributed by atoms with van der Waals surface area (Å²) in [6.45, 7) is 3.41. The van der Waals surface area contributed by atoms with Crippen LogP contribution in [0.5, 0.6) is 0 Å². The van der Waals surface area contributed by atoms with Crippen LogP contribution in [0.3, 0.4) is 0 Å². The topological polar surface area (TPSA) is 0 Å². The third kappa shape index (κ3) is 10.9. The van der Waals surface area contributed by atoms with E-state index in [1.165, 1.54) is 40.9 Å². The van der Waals surface area contributed by atoms with Crippen LogP contribution in [-0.2, 0) is 16.5 Å². The molecule has 0 aromatic heterocycles. The van der Waals surface area contributed by atoms with Crippen molar-refractivity contribution in [2.45, 2.75) is 163 Å². The molecule has 0 N–H and O–H groups in total. The van der Waals surface area contributed by atoms with Crippen LogP contribution in [0.4, 0.5) is 8.78 Å². The van der Waals surface area contributed by atoms with E-state index in [4.69, 9.17) is 0 Å². The normalized spacial score (nSPS) is 25.2. The predicted octanol–water partition coefficient (Wildman–Crippen LogP) is 11.4. The van der Waals surface area contributed by atoms with Gasteiger partial charge in [-0.1, -0.05) is 31.8 Å². The summed E-state index contributed by atoms with van der Waals surface area (Å²) in [5.74, 6) is -2.94. The molecule has 0 aliphatic heterocycles.